The van der Waals surface area contributed by atoms with Crippen molar-refractivity contribution in [1.82, 2.24) is 10.2 Å². The van der Waals surface area contributed by atoms with Crippen LogP contribution in [0.3, 0.4) is 0 Å². The Morgan fingerprint density at radius 1 is 1.28 bits per heavy atom. The molecule has 18 heavy (non-hydrogen) atoms. The number of amides is 4. The number of benzene rings is 1. The number of carbonyl (C=O) groups is 2. The highest BCUT2D eigenvalue weighted by Gasteiger charge is 2.36. The fraction of sp³-hybridized carbons (Fsp3) is 0.273. The Bertz CT molecular complexity index is 480. The molecule has 0 radical (unpaired) electrons. The Kier molecular flexibility index (Phi) is 3.68. The molecule has 0 aromatic heterocycles. The van der Waals surface area contributed by atoms with Crippen LogP contribution in [-0.2, 0) is 0 Å². The van der Waals surface area contributed by atoms with Crippen molar-refractivity contribution in [2.75, 3.05) is 18.2 Å². The Labute approximate surface area is 114 Å². The summed E-state index contributed by atoms with van der Waals surface area (Å²) in [6, 6.07) is 5.75. The van der Waals surface area contributed by atoms with Crippen LogP contribution in [-0.4, -0.2) is 35.8 Å². The van der Waals surface area contributed by atoms with Gasteiger partial charge in [0.1, 0.15) is 0 Å². The molecule has 1 atom stereocenters. The van der Waals surface area contributed by atoms with Crippen molar-refractivity contribution in [1.29, 1.82) is 0 Å². The maximum absolute atomic E-state index is 12.1. The van der Waals surface area contributed by atoms with Gasteiger partial charge in [0.25, 0.3) is 0 Å². The van der Waals surface area contributed by atoms with Crippen LogP contribution in [0.25, 0.3) is 0 Å². The van der Waals surface area contributed by atoms with Gasteiger partial charge >= 0.3 is 12.1 Å². The Morgan fingerprint density at radius 3 is 2.44 bits per heavy atom. The van der Waals surface area contributed by atoms with E-state index in [0.717, 1.165) is 4.90 Å². The van der Waals surface area contributed by atoms with E-state index in [0.29, 0.717) is 10.7 Å². The third-order valence-corrected chi connectivity index (χ3v) is 3.74. The second-order valence-corrected chi connectivity index (χ2v) is 5.10. The van der Waals surface area contributed by atoms with Crippen LogP contribution in [0.4, 0.5) is 15.3 Å². The summed E-state index contributed by atoms with van der Waals surface area (Å²) in [6.07, 6.45) is 1.83. The quantitative estimate of drug-likeness (QED) is 0.909. The molecule has 1 heterocycles. The van der Waals surface area contributed by atoms with E-state index in [2.05, 4.69) is 5.32 Å². The van der Waals surface area contributed by atoms with Crippen LogP contribution in [0, 0.1) is 0 Å². The van der Waals surface area contributed by atoms with E-state index in [1.807, 2.05) is 6.26 Å². The second-order valence-electron chi connectivity index (χ2n) is 3.74. The topological polar surface area (TPSA) is 52.7 Å². The highest BCUT2D eigenvalue weighted by atomic mass is 35.5. The van der Waals surface area contributed by atoms with Gasteiger partial charge in [-0.1, -0.05) is 11.6 Å². The minimum atomic E-state index is -0.431. The van der Waals surface area contributed by atoms with Crippen molar-refractivity contribution in [3.05, 3.63) is 29.3 Å². The number of hydrogen-bond donors (Lipinski definition) is 1. The minimum absolute atomic E-state index is 0.339. The molecular weight excluding hydrogens is 274 g/mol. The molecule has 4 amide bonds. The molecule has 7 heteroatoms. The number of nitrogens with one attached hydrogen (secondary N) is 1. The third kappa shape index (κ3) is 2.26. The zero-order valence-corrected chi connectivity index (χ0v) is 11.5. The lowest BCUT2D eigenvalue weighted by molar-refractivity contribution is 0.190. The predicted octanol–water partition coefficient (Wildman–Crippen LogP) is 2.57. The van der Waals surface area contributed by atoms with Crippen molar-refractivity contribution >= 4 is 41.1 Å². The maximum atomic E-state index is 12.1. The molecule has 1 saturated heterocycles. The summed E-state index contributed by atoms with van der Waals surface area (Å²) in [5, 5.41) is 3.29. The summed E-state index contributed by atoms with van der Waals surface area (Å²) < 4.78 is 0. The Balaban J connectivity index is 2.30. The van der Waals surface area contributed by atoms with Crippen LogP contribution in [0.1, 0.15) is 0 Å². The van der Waals surface area contributed by atoms with Crippen LogP contribution >= 0.6 is 23.4 Å². The second kappa shape index (κ2) is 5.07. The van der Waals surface area contributed by atoms with Gasteiger partial charge in [-0.3, -0.25) is 4.90 Å². The lowest BCUT2D eigenvalue weighted by Gasteiger charge is -2.37. The van der Waals surface area contributed by atoms with E-state index in [1.54, 1.807) is 31.3 Å². The summed E-state index contributed by atoms with van der Waals surface area (Å²) in [7, 11) is 1.64. The van der Waals surface area contributed by atoms with E-state index in [9.17, 15) is 9.59 Å². The van der Waals surface area contributed by atoms with Gasteiger partial charge in [-0.2, -0.15) is 0 Å². The highest BCUT2D eigenvalue weighted by molar-refractivity contribution is 7.99. The van der Waals surface area contributed by atoms with Gasteiger partial charge in [0.2, 0.25) is 0 Å². The fourth-order valence-corrected chi connectivity index (χ4v) is 2.40. The minimum Gasteiger partial charge on any atom is -0.308 e. The molecule has 1 aromatic rings. The molecule has 0 bridgehead atoms. The van der Waals surface area contributed by atoms with E-state index < -0.39 is 6.03 Å². The largest absolute Gasteiger partial charge is 0.334 e. The first-order valence-electron chi connectivity index (χ1n) is 5.20. The summed E-state index contributed by atoms with van der Waals surface area (Å²) in [5.74, 6) is 0. The van der Waals surface area contributed by atoms with E-state index in [1.165, 1.54) is 16.7 Å². The molecule has 1 unspecified atom stereocenters. The standard InChI is InChI=1S/C11H12ClN3O2S/c1-14-10(18-2)13-9(16)15(11(14)17)8-5-3-7(12)4-6-8/h3-6,10H,1-2H3,(H,13,16). The smallest absolute Gasteiger partial charge is 0.308 e. The molecule has 1 fully saturated rings. The summed E-state index contributed by atoms with van der Waals surface area (Å²) in [5.41, 5.74) is 0.154. The molecule has 1 aliphatic rings. The van der Waals surface area contributed by atoms with Gasteiger partial charge in [0.15, 0.2) is 5.50 Å². The average molecular weight is 286 g/mol. The normalized spacial score (nSPS) is 20.1. The molecular formula is C11H12ClN3O2S. The van der Waals surface area contributed by atoms with Gasteiger partial charge in [-0.15, -0.1) is 11.8 Å². The van der Waals surface area contributed by atoms with Crippen LogP contribution in [0.15, 0.2) is 24.3 Å². The number of anilines is 1. The molecule has 0 spiro atoms. The number of thioether (sulfide) groups is 1. The van der Waals surface area contributed by atoms with Gasteiger partial charge in [-0.25, -0.2) is 14.5 Å². The molecule has 96 valence electrons. The number of hydrogen-bond acceptors (Lipinski definition) is 3. The number of nitrogens with zero attached hydrogens (tertiary/aromatic N) is 2. The average Bonchev–Trinajstić information content (AvgIpc) is 2.36. The number of halogens is 1. The maximum Gasteiger partial charge on any atom is 0.334 e. The van der Waals surface area contributed by atoms with E-state index >= 15 is 0 Å². The fourth-order valence-electron chi connectivity index (χ4n) is 1.65. The summed E-state index contributed by atoms with van der Waals surface area (Å²) in [6.45, 7) is 0. The lowest BCUT2D eigenvalue weighted by atomic mass is 10.3. The van der Waals surface area contributed by atoms with Crippen LogP contribution < -0.4 is 10.2 Å². The molecule has 1 N–H and O–H groups in total. The van der Waals surface area contributed by atoms with Crippen molar-refractivity contribution in [2.45, 2.75) is 5.50 Å². The number of urea groups is 2. The molecule has 0 aliphatic carbocycles. The first kappa shape index (κ1) is 13.0. The molecule has 0 saturated carbocycles. The van der Waals surface area contributed by atoms with Crippen LogP contribution in [0.2, 0.25) is 5.02 Å². The van der Waals surface area contributed by atoms with Gasteiger partial charge in [0, 0.05) is 12.1 Å². The van der Waals surface area contributed by atoms with E-state index in [-0.39, 0.29) is 11.5 Å². The highest BCUT2D eigenvalue weighted by Crippen LogP contribution is 2.23. The Morgan fingerprint density at radius 2 is 1.89 bits per heavy atom. The van der Waals surface area contributed by atoms with Crippen LogP contribution in [0.5, 0.6) is 0 Å². The first-order chi connectivity index (χ1) is 8.54. The van der Waals surface area contributed by atoms with Gasteiger partial charge in [-0.05, 0) is 30.5 Å². The number of rotatable bonds is 2. The monoisotopic (exact) mass is 285 g/mol. The van der Waals surface area contributed by atoms with Gasteiger partial charge in [0.05, 0.1) is 5.69 Å². The number of carbonyl (C=O) groups excluding carboxylic acids is 2. The predicted molar refractivity (Wildman–Crippen MR) is 72.9 cm³/mol. The zero-order valence-electron chi connectivity index (χ0n) is 9.88. The first-order valence-corrected chi connectivity index (χ1v) is 6.87. The lowest BCUT2D eigenvalue weighted by Crippen LogP contribution is -2.62. The number of imide groups is 1. The molecule has 1 aromatic carbocycles. The van der Waals surface area contributed by atoms with Gasteiger partial charge < -0.3 is 5.32 Å². The molecule has 5 nitrogen and oxygen atoms in total. The van der Waals surface area contributed by atoms with Crippen molar-refractivity contribution in [3.63, 3.8) is 0 Å². The third-order valence-electron chi connectivity index (χ3n) is 2.60. The summed E-state index contributed by atoms with van der Waals surface area (Å²) >= 11 is 7.17. The molecule has 1 aliphatic heterocycles. The SMILES string of the molecule is CSC1NC(=O)N(c2ccc(Cl)cc2)C(=O)N1C. The van der Waals surface area contributed by atoms with E-state index in [4.69, 9.17) is 11.6 Å². The summed E-state index contributed by atoms with van der Waals surface area (Å²) in [4.78, 5) is 26.6. The van der Waals surface area contributed by atoms with Crippen molar-refractivity contribution in [2.24, 2.45) is 0 Å². The van der Waals surface area contributed by atoms with Crippen molar-refractivity contribution in [3.8, 4) is 0 Å². The zero-order chi connectivity index (χ0) is 13.3. The molecule has 2 rings (SSSR count). The Hall–Kier alpha value is -1.40. The van der Waals surface area contributed by atoms with Crippen molar-refractivity contribution < 1.29 is 9.59 Å².